The number of amides is 1. The molecule has 2 saturated heterocycles. The Labute approximate surface area is 106 Å². The lowest BCUT2D eigenvalue weighted by molar-refractivity contribution is -0.138. The molecule has 1 N–H and O–H groups in total. The summed E-state index contributed by atoms with van der Waals surface area (Å²) in [5.74, 6) is -0.187. The van der Waals surface area contributed by atoms with Crippen LogP contribution in [0.1, 0.15) is 25.7 Å². The van der Waals surface area contributed by atoms with Gasteiger partial charge in [-0.15, -0.1) is 0 Å². The second-order valence-electron chi connectivity index (χ2n) is 5.47. The molecule has 0 saturated carbocycles. The van der Waals surface area contributed by atoms with Gasteiger partial charge in [-0.25, -0.2) is 4.79 Å². The Kier molecular flexibility index (Phi) is 2.86. The summed E-state index contributed by atoms with van der Waals surface area (Å²) in [5.41, 5.74) is 0.928. The minimum absolute atomic E-state index is 0.146. The number of rotatable bonds is 1. The van der Waals surface area contributed by atoms with E-state index in [2.05, 4.69) is 5.32 Å². The van der Waals surface area contributed by atoms with Crippen molar-refractivity contribution in [3.63, 3.8) is 0 Å². The van der Waals surface area contributed by atoms with E-state index in [4.69, 9.17) is 4.74 Å². The summed E-state index contributed by atoms with van der Waals surface area (Å²) < 4.78 is 4.87. The molecule has 3 rings (SSSR count). The molecule has 3 heterocycles. The van der Waals surface area contributed by atoms with Gasteiger partial charge >= 0.3 is 5.97 Å². The molecule has 0 aromatic carbocycles. The van der Waals surface area contributed by atoms with Crippen molar-refractivity contribution in [2.75, 3.05) is 26.2 Å². The molecule has 0 unspecified atom stereocenters. The van der Waals surface area contributed by atoms with Crippen LogP contribution in [-0.2, 0) is 14.3 Å². The number of carbonyl (C=O) groups is 2. The standard InChI is InChI=1S/C13H18N2O3/c16-11-8-13(1-4-14-5-2-13)3-6-15(11)10-7-12(17)18-9-10/h7,14H,1-6,8-9H2. The number of esters is 1. The summed E-state index contributed by atoms with van der Waals surface area (Å²) in [6.45, 7) is 3.00. The van der Waals surface area contributed by atoms with Crippen molar-refractivity contribution in [3.8, 4) is 0 Å². The van der Waals surface area contributed by atoms with Crippen molar-refractivity contribution in [1.82, 2.24) is 10.2 Å². The van der Waals surface area contributed by atoms with Gasteiger partial charge < -0.3 is 15.0 Å². The summed E-state index contributed by atoms with van der Waals surface area (Å²) in [6, 6.07) is 0. The number of nitrogens with one attached hydrogen (secondary N) is 1. The molecular weight excluding hydrogens is 232 g/mol. The lowest BCUT2D eigenvalue weighted by Crippen LogP contribution is -2.48. The van der Waals surface area contributed by atoms with Crippen LogP contribution in [0.2, 0.25) is 0 Å². The van der Waals surface area contributed by atoms with Crippen molar-refractivity contribution in [2.24, 2.45) is 5.41 Å². The molecule has 0 atom stereocenters. The first kappa shape index (κ1) is 11.7. The van der Waals surface area contributed by atoms with Crippen LogP contribution in [0.3, 0.4) is 0 Å². The highest BCUT2D eigenvalue weighted by Crippen LogP contribution is 2.41. The predicted octanol–water partition coefficient (Wildman–Crippen LogP) is 0.419. The number of carbonyl (C=O) groups excluding carboxylic acids is 2. The second kappa shape index (κ2) is 4.39. The van der Waals surface area contributed by atoms with Crippen LogP contribution in [0.4, 0.5) is 0 Å². The minimum atomic E-state index is -0.333. The molecule has 0 aromatic rings. The maximum absolute atomic E-state index is 12.3. The van der Waals surface area contributed by atoms with Crippen LogP contribution in [0.5, 0.6) is 0 Å². The van der Waals surface area contributed by atoms with Crippen molar-refractivity contribution in [3.05, 3.63) is 11.8 Å². The molecule has 0 aromatic heterocycles. The summed E-state index contributed by atoms with van der Waals surface area (Å²) in [7, 11) is 0. The van der Waals surface area contributed by atoms with Gasteiger partial charge in [0.1, 0.15) is 6.61 Å². The maximum Gasteiger partial charge on any atom is 0.333 e. The fourth-order valence-electron chi connectivity index (χ4n) is 3.19. The molecule has 2 fully saturated rings. The lowest BCUT2D eigenvalue weighted by atomic mass is 9.71. The Morgan fingerprint density at radius 2 is 2.00 bits per heavy atom. The van der Waals surface area contributed by atoms with E-state index in [1.165, 1.54) is 6.08 Å². The quantitative estimate of drug-likeness (QED) is 0.685. The Balaban J connectivity index is 1.70. The van der Waals surface area contributed by atoms with Crippen molar-refractivity contribution >= 4 is 11.9 Å². The largest absolute Gasteiger partial charge is 0.456 e. The molecule has 3 aliphatic heterocycles. The third-order valence-electron chi connectivity index (χ3n) is 4.35. The van der Waals surface area contributed by atoms with E-state index >= 15 is 0 Å². The van der Waals surface area contributed by atoms with Gasteiger partial charge in [0.15, 0.2) is 0 Å². The van der Waals surface area contributed by atoms with Gasteiger partial charge in [0.2, 0.25) is 5.91 Å². The number of cyclic esters (lactones) is 1. The number of piperidine rings is 2. The Morgan fingerprint density at radius 3 is 2.61 bits per heavy atom. The fourth-order valence-corrected chi connectivity index (χ4v) is 3.19. The van der Waals surface area contributed by atoms with Gasteiger partial charge in [0.25, 0.3) is 0 Å². The van der Waals surface area contributed by atoms with E-state index < -0.39 is 0 Å². The third kappa shape index (κ3) is 2.03. The zero-order chi connectivity index (χ0) is 12.6. The number of hydrogen-bond donors (Lipinski definition) is 1. The van der Waals surface area contributed by atoms with E-state index in [9.17, 15) is 9.59 Å². The minimum Gasteiger partial charge on any atom is -0.456 e. The monoisotopic (exact) mass is 250 g/mol. The topological polar surface area (TPSA) is 58.6 Å². The molecule has 98 valence electrons. The SMILES string of the molecule is O=C1C=C(N2CCC3(CCNCC3)CC2=O)CO1. The zero-order valence-corrected chi connectivity index (χ0v) is 10.4. The van der Waals surface area contributed by atoms with Gasteiger partial charge in [-0.05, 0) is 37.8 Å². The molecule has 1 spiro atoms. The van der Waals surface area contributed by atoms with Gasteiger partial charge in [-0.3, -0.25) is 4.79 Å². The number of hydrogen-bond acceptors (Lipinski definition) is 4. The van der Waals surface area contributed by atoms with E-state index in [0.29, 0.717) is 6.42 Å². The highest BCUT2D eigenvalue weighted by molar-refractivity contribution is 5.88. The van der Waals surface area contributed by atoms with Crippen LogP contribution in [0.15, 0.2) is 11.8 Å². The van der Waals surface area contributed by atoms with Gasteiger partial charge in [0.05, 0.1) is 5.70 Å². The number of nitrogens with zero attached hydrogens (tertiary/aromatic N) is 1. The summed E-state index contributed by atoms with van der Waals surface area (Å²) in [5, 5.41) is 3.34. The van der Waals surface area contributed by atoms with Crippen molar-refractivity contribution < 1.29 is 14.3 Å². The Hall–Kier alpha value is -1.36. The first-order chi connectivity index (χ1) is 8.69. The third-order valence-corrected chi connectivity index (χ3v) is 4.35. The van der Waals surface area contributed by atoms with E-state index in [1.54, 1.807) is 4.90 Å². The molecule has 0 bridgehead atoms. The van der Waals surface area contributed by atoms with Crippen LogP contribution in [0.25, 0.3) is 0 Å². The zero-order valence-electron chi connectivity index (χ0n) is 10.4. The molecule has 5 nitrogen and oxygen atoms in total. The molecular formula is C13H18N2O3. The average molecular weight is 250 g/mol. The summed E-state index contributed by atoms with van der Waals surface area (Å²) >= 11 is 0. The van der Waals surface area contributed by atoms with Crippen LogP contribution < -0.4 is 5.32 Å². The predicted molar refractivity (Wildman–Crippen MR) is 64.5 cm³/mol. The van der Waals surface area contributed by atoms with E-state index in [-0.39, 0.29) is 23.9 Å². The van der Waals surface area contributed by atoms with E-state index in [1.807, 2.05) is 0 Å². The average Bonchev–Trinajstić information content (AvgIpc) is 2.77. The van der Waals surface area contributed by atoms with Gasteiger partial charge in [-0.2, -0.15) is 0 Å². The molecule has 0 aliphatic carbocycles. The molecule has 5 heteroatoms. The first-order valence-corrected chi connectivity index (χ1v) is 6.57. The number of likely N-dealkylation sites (tertiary alicyclic amines) is 1. The van der Waals surface area contributed by atoms with Crippen LogP contribution in [-0.4, -0.2) is 43.0 Å². The molecule has 18 heavy (non-hydrogen) atoms. The van der Waals surface area contributed by atoms with Crippen LogP contribution in [0, 0.1) is 5.41 Å². The smallest absolute Gasteiger partial charge is 0.333 e. The normalized spacial score (nSPS) is 27.3. The van der Waals surface area contributed by atoms with Gasteiger partial charge in [-0.1, -0.05) is 0 Å². The van der Waals surface area contributed by atoms with E-state index in [0.717, 1.165) is 44.6 Å². The highest BCUT2D eigenvalue weighted by Gasteiger charge is 2.41. The second-order valence-corrected chi connectivity index (χ2v) is 5.47. The lowest BCUT2D eigenvalue weighted by Gasteiger charge is -2.43. The van der Waals surface area contributed by atoms with Crippen molar-refractivity contribution in [2.45, 2.75) is 25.7 Å². The van der Waals surface area contributed by atoms with Crippen molar-refractivity contribution in [1.29, 1.82) is 0 Å². The fraction of sp³-hybridized carbons (Fsp3) is 0.692. The Morgan fingerprint density at radius 1 is 1.22 bits per heavy atom. The molecule has 3 aliphatic rings. The molecule has 0 radical (unpaired) electrons. The Bertz CT molecular complexity index is 410. The van der Waals surface area contributed by atoms with Gasteiger partial charge in [0, 0.05) is 19.0 Å². The first-order valence-electron chi connectivity index (χ1n) is 6.57. The van der Waals surface area contributed by atoms with Crippen LogP contribution >= 0.6 is 0 Å². The molecule has 1 amide bonds. The number of ether oxygens (including phenoxy) is 1. The summed E-state index contributed by atoms with van der Waals surface area (Å²) in [4.78, 5) is 25.0. The maximum atomic E-state index is 12.3. The summed E-state index contributed by atoms with van der Waals surface area (Å²) in [6.07, 6.45) is 5.26. The highest BCUT2D eigenvalue weighted by atomic mass is 16.5.